The zero-order chi connectivity index (χ0) is 11.5. The molecule has 4 heteroatoms. The number of esters is 2. The third kappa shape index (κ3) is 3.22. The minimum Gasteiger partial charge on any atom is -0.422 e. The minimum absolute atomic E-state index is 0.452. The molecule has 0 amide bonds. The van der Waals surface area contributed by atoms with Gasteiger partial charge in [0.2, 0.25) is 0 Å². The van der Waals surface area contributed by atoms with Crippen molar-refractivity contribution in [3.8, 4) is 0 Å². The first-order chi connectivity index (χ1) is 6.96. The maximum atomic E-state index is 11.5. The molecule has 0 spiro atoms. The van der Waals surface area contributed by atoms with Crippen LogP contribution in [0.15, 0.2) is 0 Å². The van der Waals surface area contributed by atoms with Crippen molar-refractivity contribution < 1.29 is 19.1 Å². The minimum atomic E-state index is -1.10. The van der Waals surface area contributed by atoms with Gasteiger partial charge in [-0.05, 0) is 6.42 Å². The lowest BCUT2D eigenvalue weighted by atomic mass is 10.0. The molecule has 1 aliphatic rings. The van der Waals surface area contributed by atoms with Gasteiger partial charge in [-0.25, -0.2) is 0 Å². The van der Waals surface area contributed by atoms with Gasteiger partial charge in [0.05, 0.1) is 0 Å². The van der Waals surface area contributed by atoms with Crippen LogP contribution in [0.5, 0.6) is 0 Å². The molecule has 1 heterocycles. The van der Waals surface area contributed by atoms with Gasteiger partial charge in [-0.1, -0.05) is 26.2 Å². The predicted octanol–water partition coefficient (Wildman–Crippen LogP) is 2.02. The summed E-state index contributed by atoms with van der Waals surface area (Å²) in [5, 5.41) is 0. The van der Waals surface area contributed by atoms with E-state index < -0.39 is 23.6 Å². The van der Waals surface area contributed by atoms with E-state index >= 15 is 0 Å². The summed E-state index contributed by atoms with van der Waals surface area (Å²) in [4.78, 5) is 23.0. The summed E-state index contributed by atoms with van der Waals surface area (Å²) in [6.07, 6.45) is 3.45. The Kier molecular flexibility index (Phi) is 3.72. The summed E-state index contributed by atoms with van der Waals surface area (Å²) in [6.45, 7) is 5.19. The van der Waals surface area contributed by atoms with Crippen molar-refractivity contribution in [3.63, 3.8) is 0 Å². The predicted molar refractivity (Wildman–Crippen MR) is 53.9 cm³/mol. The molecule has 86 valence electrons. The van der Waals surface area contributed by atoms with E-state index in [1.165, 1.54) is 0 Å². The van der Waals surface area contributed by atoms with Crippen LogP contribution < -0.4 is 0 Å². The quantitative estimate of drug-likeness (QED) is 0.408. The molecule has 0 aromatic heterocycles. The third-order valence-electron chi connectivity index (χ3n) is 2.36. The Morgan fingerprint density at radius 3 is 2.13 bits per heavy atom. The molecular formula is C11H18O4. The second-order valence-electron chi connectivity index (χ2n) is 4.29. The van der Waals surface area contributed by atoms with E-state index in [1.807, 2.05) is 0 Å². The number of cyclic esters (lactones) is 2. The Morgan fingerprint density at radius 1 is 1.13 bits per heavy atom. The highest BCUT2D eigenvalue weighted by Gasteiger charge is 2.42. The van der Waals surface area contributed by atoms with Crippen LogP contribution in [-0.2, 0) is 19.1 Å². The standard InChI is InChI=1S/C11H18O4/c1-4-5-6-7-8-9(12)14-11(2,3)15-10(8)13/h8H,4-7H2,1-3H3. The Labute approximate surface area is 89.9 Å². The van der Waals surface area contributed by atoms with E-state index in [-0.39, 0.29) is 0 Å². The lowest BCUT2D eigenvalue weighted by Gasteiger charge is -2.32. The summed E-state index contributed by atoms with van der Waals surface area (Å²) in [6, 6.07) is 0. The molecule has 0 aliphatic carbocycles. The van der Waals surface area contributed by atoms with Crippen LogP contribution in [0, 0.1) is 5.92 Å². The van der Waals surface area contributed by atoms with E-state index in [4.69, 9.17) is 9.47 Å². The molecule has 1 aliphatic heterocycles. The molecule has 4 nitrogen and oxygen atoms in total. The van der Waals surface area contributed by atoms with Crippen molar-refractivity contribution in [2.45, 2.75) is 52.2 Å². The number of rotatable bonds is 4. The largest absolute Gasteiger partial charge is 0.422 e. The smallest absolute Gasteiger partial charge is 0.323 e. The van der Waals surface area contributed by atoms with E-state index in [0.29, 0.717) is 6.42 Å². The average Bonchev–Trinajstić information content (AvgIpc) is 2.08. The van der Waals surface area contributed by atoms with Crippen molar-refractivity contribution in [2.24, 2.45) is 5.92 Å². The molecule has 1 saturated heterocycles. The maximum absolute atomic E-state index is 11.5. The SMILES string of the molecule is CCCCCC1C(=O)OC(C)(C)OC1=O. The van der Waals surface area contributed by atoms with Crippen LogP contribution in [0.1, 0.15) is 46.5 Å². The van der Waals surface area contributed by atoms with Crippen molar-refractivity contribution in [1.82, 2.24) is 0 Å². The highest BCUT2D eigenvalue weighted by atomic mass is 16.7. The van der Waals surface area contributed by atoms with Crippen LogP contribution in [0.2, 0.25) is 0 Å². The van der Waals surface area contributed by atoms with Gasteiger partial charge in [0.25, 0.3) is 5.79 Å². The monoisotopic (exact) mass is 214 g/mol. The van der Waals surface area contributed by atoms with Crippen molar-refractivity contribution in [2.75, 3.05) is 0 Å². The molecule has 0 saturated carbocycles. The summed E-state index contributed by atoms with van der Waals surface area (Å²) in [7, 11) is 0. The fraction of sp³-hybridized carbons (Fsp3) is 0.818. The van der Waals surface area contributed by atoms with Gasteiger partial charge in [-0.15, -0.1) is 0 Å². The van der Waals surface area contributed by atoms with Gasteiger partial charge in [0, 0.05) is 13.8 Å². The molecule has 0 radical (unpaired) electrons. The average molecular weight is 214 g/mol. The van der Waals surface area contributed by atoms with Gasteiger partial charge < -0.3 is 9.47 Å². The lowest BCUT2D eigenvalue weighted by Crippen LogP contribution is -2.46. The van der Waals surface area contributed by atoms with Crippen LogP contribution in [0.3, 0.4) is 0 Å². The molecule has 15 heavy (non-hydrogen) atoms. The van der Waals surface area contributed by atoms with Gasteiger partial charge in [-0.2, -0.15) is 0 Å². The summed E-state index contributed by atoms with van der Waals surface area (Å²) in [5.74, 6) is -2.72. The molecular weight excluding hydrogens is 196 g/mol. The molecule has 0 N–H and O–H groups in total. The maximum Gasteiger partial charge on any atom is 0.323 e. The topological polar surface area (TPSA) is 52.6 Å². The molecule has 0 bridgehead atoms. The molecule has 0 atom stereocenters. The number of hydrogen-bond acceptors (Lipinski definition) is 4. The summed E-state index contributed by atoms with van der Waals surface area (Å²) < 4.78 is 10.0. The molecule has 1 fully saturated rings. The second kappa shape index (κ2) is 4.64. The zero-order valence-electron chi connectivity index (χ0n) is 9.54. The summed E-state index contributed by atoms with van der Waals surface area (Å²) >= 11 is 0. The van der Waals surface area contributed by atoms with E-state index in [2.05, 4.69) is 6.92 Å². The van der Waals surface area contributed by atoms with Crippen LogP contribution in [0.25, 0.3) is 0 Å². The number of hydrogen-bond donors (Lipinski definition) is 0. The van der Waals surface area contributed by atoms with Crippen molar-refractivity contribution in [3.05, 3.63) is 0 Å². The number of unbranched alkanes of at least 4 members (excludes halogenated alkanes) is 2. The number of carbonyl (C=O) groups excluding carboxylic acids is 2. The first kappa shape index (κ1) is 12.0. The number of ether oxygens (including phenoxy) is 2. The third-order valence-corrected chi connectivity index (χ3v) is 2.36. The molecule has 0 aromatic rings. The van der Waals surface area contributed by atoms with Crippen LogP contribution in [0.4, 0.5) is 0 Å². The van der Waals surface area contributed by atoms with E-state index in [1.54, 1.807) is 13.8 Å². The second-order valence-corrected chi connectivity index (χ2v) is 4.29. The van der Waals surface area contributed by atoms with Gasteiger partial charge in [0.15, 0.2) is 5.92 Å². The molecule has 0 unspecified atom stereocenters. The van der Waals surface area contributed by atoms with E-state index in [9.17, 15) is 9.59 Å². The van der Waals surface area contributed by atoms with E-state index in [0.717, 1.165) is 19.3 Å². The van der Waals surface area contributed by atoms with Crippen molar-refractivity contribution in [1.29, 1.82) is 0 Å². The number of carbonyl (C=O) groups is 2. The Hall–Kier alpha value is -1.06. The van der Waals surface area contributed by atoms with Crippen LogP contribution in [-0.4, -0.2) is 17.7 Å². The van der Waals surface area contributed by atoms with Crippen molar-refractivity contribution >= 4 is 11.9 Å². The molecule has 0 aromatic carbocycles. The lowest BCUT2D eigenvalue weighted by molar-refractivity contribution is -0.240. The van der Waals surface area contributed by atoms with Gasteiger partial charge in [0.1, 0.15) is 0 Å². The van der Waals surface area contributed by atoms with Gasteiger partial charge >= 0.3 is 11.9 Å². The molecule has 1 rings (SSSR count). The Morgan fingerprint density at radius 2 is 1.67 bits per heavy atom. The van der Waals surface area contributed by atoms with Gasteiger partial charge in [-0.3, -0.25) is 9.59 Å². The normalized spacial score (nSPS) is 21.0. The first-order valence-electron chi connectivity index (χ1n) is 5.42. The fourth-order valence-electron chi connectivity index (χ4n) is 1.58. The summed E-state index contributed by atoms with van der Waals surface area (Å²) in [5.41, 5.74) is 0. The highest BCUT2D eigenvalue weighted by Crippen LogP contribution is 2.26. The van der Waals surface area contributed by atoms with Crippen LogP contribution >= 0.6 is 0 Å². The fourth-order valence-corrected chi connectivity index (χ4v) is 1.58. The Balaban J connectivity index is 2.52. The first-order valence-corrected chi connectivity index (χ1v) is 5.42. The Bertz CT molecular complexity index is 237. The highest BCUT2D eigenvalue weighted by molar-refractivity contribution is 5.96. The zero-order valence-corrected chi connectivity index (χ0v) is 9.54.